The summed E-state index contributed by atoms with van der Waals surface area (Å²) in [4.78, 5) is 10.1. The first-order valence-corrected chi connectivity index (χ1v) is 3.12. The van der Waals surface area contributed by atoms with E-state index in [0.29, 0.717) is 6.29 Å². The van der Waals surface area contributed by atoms with Crippen LogP contribution in [0.3, 0.4) is 0 Å². The second-order valence-corrected chi connectivity index (χ2v) is 2.80. The Bertz CT molecular complexity index is 176. The van der Waals surface area contributed by atoms with Crippen molar-refractivity contribution in [3.8, 4) is 0 Å². The molecule has 0 aromatic heterocycles. The average Bonchev–Trinajstić information content (AvgIpc) is 2.08. The Balaban J connectivity index is 2.70. The fourth-order valence-electron chi connectivity index (χ4n) is 0.609. The summed E-state index contributed by atoms with van der Waals surface area (Å²) in [6.07, 6.45) is -0.367. The Morgan fingerprint density at radius 3 is 2.70 bits per heavy atom. The molecule has 1 heterocycles. The van der Waals surface area contributed by atoms with Gasteiger partial charge in [-0.15, -0.1) is 0 Å². The van der Waals surface area contributed by atoms with Crippen LogP contribution in [0, 0.1) is 0 Å². The minimum absolute atomic E-state index is 0.270. The normalized spacial score (nSPS) is 39.4. The van der Waals surface area contributed by atoms with Gasteiger partial charge in [0, 0.05) is 0 Å². The van der Waals surface area contributed by atoms with E-state index < -0.39 is 11.4 Å². The van der Waals surface area contributed by atoms with Gasteiger partial charge in [0.1, 0.15) is 5.76 Å². The van der Waals surface area contributed by atoms with Crippen LogP contribution in [0.1, 0.15) is 6.92 Å². The summed E-state index contributed by atoms with van der Waals surface area (Å²) in [6.45, 7) is 5.04. The Kier molecular flexibility index (Phi) is 1.70. The maximum Gasteiger partial charge on any atom is 0.258 e. The Hall–Kier alpha value is -0.540. The molecule has 0 N–H and O–H groups in total. The van der Waals surface area contributed by atoms with Crippen LogP contribution >= 0.6 is 11.6 Å². The number of halogens is 1. The molecule has 4 heteroatoms. The molecule has 0 aromatic carbocycles. The van der Waals surface area contributed by atoms with E-state index in [1.807, 2.05) is 0 Å². The zero-order valence-electron chi connectivity index (χ0n) is 5.46. The third-order valence-electron chi connectivity index (χ3n) is 1.21. The number of alkyl halides is 1. The second kappa shape index (κ2) is 2.25. The van der Waals surface area contributed by atoms with Gasteiger partial charge in [-0.2, -0.15) is 0 Å². The third kappa shape index (κ3) is 1.15. The summed E-state index contributed by atoms with van der Waals surface area (Å²) in [6, 6.07) is 0. The summed E-state index contributed by atoms with van der Waals surface area (Å²) < 4.78 is 9.69. The topological polar surface area (TPSA) is 35.5 Å². The van der Waals surface area contributed by atoms with Crippen molar-refractivity contribution in [2.45, 2.75) is 18.3 Å². The van der Waals surface area contributed by atoms with Crippen molar-refractivity contribution < 1.29 is 14.3 Å². The molecule has 0 radical (unpaired) electrons. The van der Waals surface area contributed by atoms with Gasteiger partial charge < -0.3 is 9.47 Å². The Morgan fingerprint density at radius 1 is 1.90 bits per heavy atom. The summed E-state index contributed by atoms with van der Waals surface area (Å²) in [5.41, 5.74) is 0. The van der Waals surface area contributed by atoms with Gasteiger partial charge in [-0.05, 0) is 6.92 Å². The molecule has 3 nitrogen and oxygen atoms in total. The van der Waals surface area contributed by atoms with Crippen molar-refractivity contribution in [2.24, 2.45) is 0 Å². The van der Waals surface area contributed by atoms with Crippen LogP contribution in [0.25, 0.3) is 0 Å². The highest BCUT2D eigenvalue weighted by Crippen LogP contribution is 2.34. The molecule has 1 aliphatic rings. The lowest BCUT2D eigenvalue weighted by Crippen LogP contribution is -2.18. The van der Waals surface area contributed by atoms with Crippen molar-refractivity contribution in [3.63, 3.8) is 0 Å². The van der Waals surface area contributed by atoms with Gasteiger partial charge in [-0.25, -0.2) is 0 Å². The molecule has 0 aliphatic carbocycles. The zero-order chi connectivity index (χ0) is 7.78. The molecular formula is C6H7ClO3. The van der Waals surface area contributed by atoms with Crippen LogP contribution in [0.5, 0.6) is 0 Å². The maximum atomic E-state index is 10.1. The average molecular weight is 163 g/mol. The van der Waals surface area contributed by atoms with Gasteiger partial charge in [-0.1, -0.05) is 18.2 Å². The summed E-state index contributed by atoms with van der Waals surface area (Å²) in [7, 11) is 0. The molecule has 1 fully saturated rings. The van der Waals surface area contributed by atoms with E-state index in [9.17, 15) is 4.79 Å². The molecule has 0 spiro atoms. The van der Waals surface area contributed by atoms with E-state index in [0.717, 1.165) is 0 Å². The molecule has 56 valence electrons. The zero-order valence-corrected chi connectivity index (χ0v) is 6.22. The highest BCUT2D eigenvalue weighted by atomic mass is 35.5. The van der Waals surface area contributed by atoms with Gasteiger partial charge in [0.2, 0.25) is 0 Å². The molecule has 1 rings (SSSR count). The molecular weight excluding hydrogens is 156 g/mol. The van der Waals surface area contributed by atoms with Crippen LogP contribution in [-0.4, -0.2) is 17.6 Å². The molecule has 1 aliphatic heterocycles. The lowest BCUT2D eigenvalue weighted by atomic mass is 10.3. The highest BCUT2D eigenvalue weighted by molar-refractivity contribution is 6.24. The van der Waals surface area contributed by atoms with Crippen molar-refractivity contribution in [1.29, 1.82) is 0 Å². The van der Waals surface area contributed by atoms with E-state index in [-0.39, 0.29) is 5.76 Å². The first-order chi connectivity index (χ1) is 4.56. The lowest BCUT2D eigenvalue weighted by molar-refractivity contribution is -0.132. The molecule has 0 bridgehead atoms. The second-order valence-electron chi connectivity index (χ2n) is 2.08. The van der Waals surface area contributed by atoms with Crippen LogP contribution in [0.4, 0.5) is 0 Å². The van der Waals surface area contributed by atoms with Gasteiger partial charge in [0.25, 0.3) is 6.29 Å². The smallest absolute Gasteiger partial charge is 0.258 e. The van der Waals surface area contributed by atoms with Crippen LogP contribution in [0.15, 0.2) is 12.3 Å². The van der Waals surface area contributed by atoms with Gasteiger partial charge in [0.05, 0.1) is 0 Å². The molecule has 0 saturated carbocycles. The predicted molar refractivity (Wildman–Crippen MR) is 35.4 cm³/mol. The van der Waals surface area contributed by atoms with Gasteiger partial charge >= 0.3 is 0 Å². The largest absolute Gasteiger partial charge is 0.458 e. The molecule has 0 amide bonds. The van der Waals surface area contributed by atoms with Gasteiger partial charge in [-0.3, -0.25) is 4.79 Å². The number of ether oxygens (including phenoxy) is 2. The number of rotatable bonds is 1. The maximum absolute atomic E-state index is 10.1. The fraction of sp³-hybridized carbons (Fsp3) is 0.500. The van der Waals surface area contributed by atoms with E-state index in [1.165, 1.54) is 0 Å². The van der Waals surface area contributed by atoms with Crippen molar-refractivity contribution in [2.75, 3.05) is 0 Å². The number of carbonyl (C=O) groups excluding carboxylic acids is 1. The number of aldehydes is 1. The Labute approximate surface area is 63.6 Å². The molecule has 10 heavy (non-hydrogen) atoms. The Morgan fingerprint density at radius 2 is 2.50 bits per heavy atom. The van der Waals surface area contributed by atoms with Crippen LogP contribution in [-0.2, 0) is 14.3 Å². The molecule has 2 unspecified atom stereocenters. The lowest BCUT2D eigenvalue weighted by Gasteiger charge is -2.09. The number of carbonyl (C=O) groups is 1. The third-order valence-corrected chi connectivity index (χ3v) is 1.50. The van der Waals surface area contributed by atoms with Crippen LogP contribution in [0.2, 0.25) is 0 Å². The minimum Gasteiger partial charge on any atom is -0.458 e. The summed E-state index contributed by atoms with van der Waals surface area (Å²) >= 11 is 5.69. The van der Waals surface area contributed by atoms with Gasteiger partial charge in [0.15, 0.2) is 11.3 Å². The predicted octanol–water partition coefficient (Wildman–Crippen LogP) is 1.03. The number of hydrogen-bond acceptors (Lipinski definition) is 3. The molecule has 2 atom stereocenters. The van der Waals surface area contributed by atoms with Crippen LogP contribution < -0.4 is 0 Å². The monoisotopic (exact) mass is 162 g/mol. The SMILES string of the molecule is C=C1OC(C=O)OC1(C)Cl. The quantitative estimate of drug-likeness (QED) is 0.427. The summed E-state index contributed by atoms with van der Waals surface area (Å²) in [5, 5.41) is -1.05. The molecule has 0 aromatic rings. The first-order valence-electron chi connectivity index (χ1n) is 2.74. The standard InChI is InChI=1S/C6H7ClO3/c1-4-6(2,7)10-5(3-8)9-4/h3,5H,1H2,2H3. The van der Waals surface area contributed by atoms with E-state index in [2.05, 4.69) is 6.58 Å². The minimum atomic E-state index is -1.05. The first kappa shape index (κ1) is 7.57. The van der Waals surface area contributed by atoms with E-state index in [1.54, 1.807) is 6.92 Å². The van der Waals surface area contributed by atoms with Crippen molar-refractivity contribution in [3.05, 3.63) is 12.3 Å². The summed E-state index contributed by atoms with van der Waals surface area (Å²) in [5.74, 6) is 0.270. The van der Waals surface area contributed by atoms with E-state index >= 15 is 0 Å². The molecule has 1 saturated heterocycles. The highest BCUT2D eigenvalue weighted by Gasteiger charge is 2.39. The van der Waals surface area contributed by atoms with E-state index in [4.69, 9.17) is 21.1 Å². The number of hydrogen-bond donors (Lipinski definition) is 0. The fourth-order valence-corrected chi connectivity index (χ4v) is 0.741. The van der Waals surface area contributed by atoms with Crippen molar-refractivity contribution >= 4 is 17.9 Å². The van der Waals surface area contributed by atoms with Crippen molar-refractivity contribution in [1.82, 2.24) is 0 Å².